The van der Waals surface area contributed by atoms with Crippen LogP contribution in [-0.2, 0) is 11.3 Å². The third kappa shape index (κ3) is 3.58. The second-order valence-electron chi connectivity index (χ2n) is 5.23. The number of hydrogen-bond donors (Lipinski definition) is 2. The molecule has 1 aromatic heterocycles. The number of carbonyl (C=O) groups excluding carboxylic acids is 1. The van der Waals surface area contributed by atoms with E-state index >= 15 is 0 Å². The Balaban J connectivity index is 2.01. The maximum Gasteiger partial charge on any atom is 0.263 e. The standard InChI is InChI=1S/C14H21NO4S/c1-19-9-11-3-4-12(20-11)13(17)15-7-2-5-14(18,10-16)6-8-15/h3-4,16,18H,2,5-10H2,1H3/t14-/m0/s1. The molecule has 1 amide bonds. The van der Waals surface area contributed by atoms with Crippen molar-refractivity contribution in [1.82, 2.24) is 4.90 Å². The summed E-state index contributed by atoms with van der Waals surface area (Å²) in [6.07, 6.45) is 1.66. The first-order valence-electron chi connectivity index (χ1n) is 6.78. The smallest absolute Gasteiger partial charge is 0.263 e. The summed E-state index contributed by atoms with van der Waals surface area (Å²) >= 11 is 1.44. The fourth-order valence-corrected chi connectivity index (χ4v) is 3.36. The monoisotopic (exact) mass is 299 g/mol. The maximum atomic E-state index is 12.4. The highest BCUT2D eigenvalue weighted by molar-refractivity contribution is 7.14. The van der Waals surface area contributed by atoms with Crippen molar-refractivity contribution in [2.24, 2.45) is 0 Å². The Morgan fingerprint density at radius 2 is 2.25 bits per heavy atom. The van der Waals surface area contributed by atoms with Crippen LogP contribution >= 0.6 is 11.3 Å². The van der Waals surface area contributed by atoms with Gasteiger partial charge in [0.05, 0.1) is 23.7 Å². The number of carbonyl (C=O) groups is 1. The summed E-state index contributed by atoms with van der Waals surface area (Å²) in [5, 5.41) is 19.3. The molecule has 2 heterocycles. The van der Waals surface area contributed by atoms with E-state index in [1.807, 2.05) is 12.1 Å². The second kappa shape index (κ2) is 6.67. The predicted molar refractivity (Wildman–Crippen MR) is 76.8 cm³/mol. The highest BCUT2D eigenvalue weighted by atomic mass is 32.1. The van der Waals surface area contributed by atoms with Crippen molar-refractivity contribution in [2.75, 3.05) is 26.8 Å². The topological polar surface area (TPSA) is 70.0 Å². The zero-order chi connectivity index (χ0) is 14.6. The van der Waals surface area contributed by atoms with E-state index in [9.17, 15) is 15.0 Å². The van der Waals surface area contributed by atoms with E-state index in [1.54, 1.807) is 12.0 Å². The van der Waals surface area contributed by atoms with Crippen LogP contribution in [0.25, 0.3) is 0 Å². The van der Waals surface area contributed by atoms with Gasteiger partial charge in [-0.3, -0.25) is 4.79 Å². The second-order valence-corrected chi connectivity index (χ2v) is 6.40. The molecule has 112 valence electrons. The van der Waals surface area contributed by atoms with Gasteiger partial charge in [0.2, 0.25) is 0 Å². The summed E-state index contributed by atoms with van der Waals surface area (Å²) in [4.78, 5) is 15.9. The molecule has 0 saturated carbocycles. The van der Waals surface area contributed by atoms with E-state index in [2.05, 4.69) is 0 Å². The Morgan fingerprint density at radius 3 is 2.95 bits per heavy atom. The normalized spacial score (nSPS) is 23.6. The lowest BCUT2D eigenvalue weighted by molar-refractivity contribution is -0.0250. The van der Waals surface area contributed by atoms with Crippen LogP contribution in [0.1, 0.15) is 33.8 Å². The molecule has 1 aliphatic heterocycles. The van der Waals surface area contributed by atoms with Crippen molar-refractivity contribution in [3.8, 4) is 0 Å². The lowest BCUT2D eigenvalue weighted by Crippen LogP contribution is -2.36. The van der Waals surface area contributed by atoms with Crippen LogP contribution in [0.3, 0.4) is 0 Å². The van der Waals surface area contributed by atoms with Crippen molar-refractivity contribution in [3.63, 3.8) is 0 Å². The Bertz CT molecular complexity index is 462. The van der Waals surface area contributed by atoms with Crippen LogP contribution < -0.4 is 0 Å². The van der Waals surface area contributed by atoms with Gasteiger partial charge in [-0.05, 0) is 31.4 Å². The average molecular weight is 299 g/mol. The van der Waals surface area contributed by atoms with Gasteiger partial charge in [-0.2, -0.15) is 0 Å². The quantitative estimate of drug-likeness (QED) is 0.878. The molecule has 1 aromatic rings. The molecule has 6 heteroatoms. The molecule has 5 nitrogen and oxygen atoms in total. The largest absolute Gasteiger partial charge is 0.393 e. The van der Waals surface area contributed by atoms with Gasteiger partial charge in [0.25, 0.3) is 5.91 Å². The van der Waals surface area contributed by atoms with Crippen LogP contribution in [0, 0.1) is 0 Å². The van der Waals surface area contributed by atoms with Gasteiger partial charge in [0.1, 0.15) is 0 Å². The van der Waals surface area contributed by atoms with Gasteiger partial charge in [-0.15, -0.1) is 11.3 Å². The molecule has 1 saturated heterocycles. The van der Waals surface area contributed by atoms with Crippen molar-refractivity contribution >= 4 is 17.2 Å². The van der Waals surface area contributed by atoms with Gasteiger partial charge in [-0.1, -0.05) is 0 Å². The fraction of sp³-hybridized carbons (Fsp3) is 0.643. The molecule has 0 bridgehead atoms. The molecule has 0 spiro atoms. The van der Waals surface area contributed by atoms with Crippen LogP contribution in [-0.4, -0.2) is 53.4 Å². The molecule has 0 aromatic carbocycles. The van der Waals surface area contributed by atoms with E-state index in [4.69, 9.17) is 4.74 Å². The van der Waals surface area contributed by atoms with E-state index < -0.39 is 5.60 Å². The van der Waals surface area contributed by atoms with Crippen LogP contribution in [0.4, 0.5) is 0 Å². The van der Waals surface area contributed by atoms with Crippen molar-refractivity contribution in [1.29, 1.82) is 0 Å². The Kier molecular flexibility index (Phi) is 5.15. The van der Waals surface area contributed by atoms with E-state index in [0.717, 1.165) is 4.88 Å². The van der Waals surface area contributed by atoms with Gasteiger partial charge >= 0.3 is 0 Å². The first kappa shape index (κ1) is 15.4. The maximum absolute atomic E-state index is 12.4. The lowest BCUT2D eigenvalue weighted by Gasteiger charge is -2.24. The fourth-order valence-electron chi connectivity index (χ4n) is 2.41. The Labute approximate surface area is 122 Å². The highest BCUT2D eigenvalue weighted by Gasteiger charge is 2.31. The summed E-state index contributed by atoms with van der Waals surface area (Å²) in [6, 6.07) is 3.73. The third-order valence-corrected chi connectivity index (χ3v) is 4.70. The Hall–Kier alpha value is -0.950. The zero-order valence-corrected chi connectivity index (χ0v) is 12.5. The molecular weight excluding hydrogens is 278 g/mol. The molecule has 0 radical (unpaired) electrons. The predicted octanol–water partition coefficient (Wildman–Crippen LogP) is 1.24. The number of likely N-dealkylation sites (tertiary alicyclic amines) is 1. The van der Waals surface area contributed by atoms with Gasteiger partial charge < -0.3 is 19.8 Å². The van der Waals surface area contributed by atoms with Crippen molar-refractivity contribution in [3.05, 3.63) is 21.9 Å². The molecule has 0 aliphatic carbocycles. The average Bonchev–Trinajstić information content (AvgIpc) is 2.81. The first-order valence-corrected chi connectivity index (χ1v) is 7.60. The minimum absolute atomic E-state index is 0.000423. The number of hydrogen-bond acceptors (Lipinski definition) is 5. The van der Waals surface area contributed by atoms with Crippen LogP contribution in [0.15, 0.2) is 12.1 Å². The molecule has 2 N–H and O–H groups in total. The molecule has 0 unspecified atom stereocenters. The third-order valence-electron chi connectivity index (χ3n) is 3.66. The number of rotatable bonds is 4. The summed E-state index contributed by atoms with van der Waals surface area (Å²) in [7, 11) is 1.63. The summed E-state index contributed by atoms with van der Waals surface area (Å²) in [5.41, 5.74) is -1.04. The lowest BCUT2D eigenvalue weighted by atomic mass is 9.96. The van der Waals surface area contributed by atoms with Crippen molar-refractivity contribution < 1.29 is 19.7 Å². The Morgan fingerprint density at radius 1 is 1.45 bits per heavy atom. The number of nitrogens with zero attached hydrogens (tertiary/aromatic N) is 1. The number of aliphatic hydroxyl groups excluding tert-OH is 1. The molecule has 1 atom stereocenters. The van der Waals surface area contributed by atoms with E-state index in [1.165, 1.54) is 11.3 Å². The molecule has 2 rings (SSSR count). The van der Waals surface area contributed by atoms with Gasteiger partial charge in [0.15, 0.2) is 0 Å². The summed E-state index contributed by atoms with van der Waals surface area (Å²) < 4.78 is 5.05. The number of ether oxygens (including phenoxy) is 1. The van der Waals surface area contributed by atoms with Gasteiger partial charge in [0, 0.05) is 25.1 Å². The van der Waals surface area contributed by atoms with Crippen LogP contribution in [0.2, 0.25) is 0 Å². The molecule has 1 aliphatic rings. The summed E-state index contributed by atoms with van der Waals surface area (Å²) in [5.74, 6) is -0.000423. The van der Waals surface area contributed by atoms with Crippen LogP contribution in [0.5, 0.6) is 0 Å². The number of thiophene rings is 1. The minimum atomic E-state index is -1.04. The molecular formula is C14H21NO4S. The SMILES string of the molecule is COCc1ccc(C(=O)N2CCC[C@@](O)(CO)CC2)s1. The summed E-state index contributed by atoms with van der Waals surface area (Å²) in [6.45, 7) is 1.38. The van der Waals surface area contributed by atoms with Gasteiger partial charge in [-0.25, -0.2) is 0 Å². The molecule has 20 heavy (non-hydrogen) atoms. The number of amides is 1. The minimum Gasteiger partial charge on any atom is -0.393 e. The zero-order valence-electron chi connectivity index (χ0n) is 11.7. The van der Waals surface area contributed by atoms with Crippen molar-refractivity contribution in [2.45, 2.75) is 31.5 Å². The number of aliphatic hydroxyl groups is 2. The highest BCUT2D eigenvalue weighted by Crippen LogP contribution is 2.24. The number of methoxy groups -OCH3 is 1. The molecule has 1 fully saturated rings. The van der Waals surface area contributed by atoms with E-state index in [0.29, 0.717) is 43.8 Å². The first-order chi connectivity index (χ1) is 9.58. The van der Waals surface area contributed by atoms with E-state index in [-0.39, 0.29) is 12.5 Å².